The molecule has 14 heavy (non-hydrogen) atoms. The molecular weight excluding hydrogens is 187 g/mol. The third-order valence-electron chi connectivity index (χ3n) is 1.80. The molecule has 0 spiro atoms. The van der Waals surface area contributed by atoms with Crippen molar-refractivity contribution in [1.82, 2.24) is 9.78 Å². The van der Waals surface area contributed by atoms with Gasteiger partial charge in [0.05, 0.1) is 11.8 Å². The molecule has 0 saturated heterocycles. The normalized spacial score (nSPS) is 10.4. The van der Waals surface area contributed by atoms with E-state index in [2.05, 4.69) is 5.10 Å². The van der Waals surface area contributed by atoms with Crippen LogP contribution >= 0.6 is 0 Å². The van der Waals surface area contributed by atoms with Crippen molar-refractivity contribution in [2.45, 2.75) is 0 Å². The molecule has 1 aromatic heterocycles. The van der Waals surface area contributed by atoms with Gasteiger partial charge in [-0.1, -0.05) is 0 Å². The predicted octanol–water partition coefficient (Wildman–Crippen LogP) is 1.01. The first kappa shape index (κ1) is 8.55. The van der Waals surface area contributed by atoms with E-state index in [1.165, 1.54) is 28.9 Å². The highest BCUT2D eigenvalue weighted by atomic mass is 19.1. The molecule has 1 heterocycles. The van der Waals surface area contributed by atoms with Crippen molar-refractivity contribution in [3.63, 3.8) is 0 Å². The molecule has 5 heteroatoms. The van der Waals surface area contributed by atoms with Gasteiger partial charge in [-0.25, -0.2) is 9.07 Å². The summed E-state index contributed by atoms with van der Waals surface area (Å²) in [6.07, 6.45) is 0. The fraction of sp³-hybridized carbons (Fsp3) is 0. The van der Waals surface area contributed by atoms with Crippen LogP contribution in [-0.2, 0) is 0 Å². The number of hydrogen-bond donors (Lipinski definition) is 2. The van der Waals surface area contributed by atoms with Crippen LogP contribution in [0.3, 0.4) is 0 Å². The molecule has 72 valence electrons. The van der Waals surface area contributed by atoms with E-state index in [0.717, 1.165) is 6.07 Å². The van der Waals surface area contributed by atoms with Crippen LogP contribution < -0.4 is 5.56 Å². The van der Waals surface area contributed by atoms with Crippen molar-refractivity contribution < 1.29 is 9.50 Å². The smallest absolute Gasteiger partial charge is 0.268 e. The monoisotopic (exact) mass is 194 g/mol. The lowest BCUT2D eigenvalue weighted by molar-refractivity contribution is 0.433. The molecule has 0 aliphatic heterocycles. The van der Waals surface area contributed by atoms with Gasteiger partial charge in [0.15, 0.2) is 0 Å². The summed E-state index contributed by atoms with van der Waals surface area (Å²) in [7, 11) is 0. The van der Waals surface area contributed by atoms with E-state index in [0.29, 0.717) is 5.69 Å². The SMILES string of the molecule is O=c1cc(O)n(-c2ccc(F)cc2)[nH]1. The predicted molar refractivity (Wildman–Crippen MR) is 48.0 cm³/mol. The Bertz CT molecular complexity index is 498. The zero-order chi connectivity index (χ0) is 10.1. The Morgan fingerprint density at radius 1 is 1.29 bits per heavy atom. The zero-order valence-corrected chi connectivity index (χ0v) is 7.07. The molecule has 2 aromatic rings. The quantitative estimate of drug-likeness (QED) is 0.711. The number of benzene rings is 1. The number of halogens is 1. The highest BCUT2D eigenvalue weighted by molar-refractivity contribution is 5.34. The van der Waals surface area contributed by atoms with E-state index < -0.39 is 5.56 Å². The summed E-state index contributed by atoms with van der Waals surface area (Å²) in [4.78, 5) is 10.8. The minimum Gasteiger partial charge on any atom is -0.493 e. The highest BCUT2D eigenvalue weighted by Crippen LogP contribution is 2.13. The van der Waals surface area contributed by atoms with Crippen LogP contribution in [0.15, 0.2) is 35.1 Å². The van der Waals surface area contributed by atoms with Gasteiger partial charge in [0.25, 0.3) is 5.56 Å². The average Bonchev–Trinajstić information content (AvgIpc) is 2.47. The number of hydrogen-bond acceptors (Lipinski definition) is 2. The number of H-pyrrole nitrogens is 1. The highest BCUT2D eigenvalue weighted by Gasteiger charge is 2.03. The van der Waals surface area contributed by atoms with Crippen LogP contribution in [0.5, 0.6) is 5.88 Å². The topological polar surface area (TPSA) is 58.0 Å². The maximum atomic E-state index is 12.6. The molecule has 0 radical (unpaired) electrons. The number of aromatic amines is 1. The second kappa shape index (κ2) is 3.02. The molecule has 0 amide bonds. The lowest BCUT2D eigenvalue weighted by Gasteiger charge is -2.02. The molecule has 2 rings (SSSR count). The molecule has 0 atom stereocenters. The van der Waals surface area contributed by atoms with Crippen LogP contribution in [0.4, 0.5) is 4.39 Å². The second-order valence-electron chi connectivity index (χ2n) is 2.79. The van der Waals surface area contributed by atoms with Gasteiger partial charge in [0, 0.05) is 0 Å². The molecule has 0 unspecified atom stereocenters. The summed E-state index contributed by atoms with van der Waals surface area (Å²) < 4.78 is 13.7. The second-order valence-corrected chi connectivity index (χ2v) is 2.79. The summed E-state index contributed by atoms with van der Waals surface area (Å²) in [5.74, 6) is -0.579. The Morgan fingerprint density at radius 2 is 1.93 bits per heavy atom. The summed E-state index contributed by atoms with van der Waals surface area (Å²) >= 11 is 0. The molecule has 4 nitrogen and oxygen atoms in total. The lowest BCUT2D eigenvalue weighted by atomic mass is 10.3. The van der Waals surface area contributed by atoms with Gasteiger partial charge in [-0.3, -0.25) is 9.89 Å². The minimum atomic E-state index is -0.410. The number of aromatic nitrogens is 2. The molecule has 0 bridgehead atoms. The molecule has 2 N–H and O–H groups in total. The number of rotatable bonds is 1. The maximum Gasteiger partial charge on any atom is 0.268 e. The first-order valence-corrected chi connectivity index (χ1v) is 3.94. The molecule has 0 fully saturated rings. The van der Waals surface area contributed by atoms with Crippen LogP contribution in [0.25, 0.3) is 5.69 Å². The van der Waals surface area contributed by atoms with Crippen molar-refractivity contribution in [3.05, 3.63) is 46.5 Å². The van der Waals surface area contributed by atoms with Gasteiger partial charge in [-0.15, -0.1) is 0 Å². The van der Waals surface area contributed by atoms with E-state index in [4.69, 9.17) is 0 Å². The Morgan fingerprint density at radius 3 is 2.43 bits per heavy atom. The van der Waals surface area contributed by atoms with Crippen molar-refractivity contribution in [2.75, 3.05) is 0 Å². The summed E-state index contributed by atoms with van der Waals surface area (Å²) in [5.41, 5.74) is 0.0813. The van der Waals surface area contributed by atoms with Gasteiger partial charge in [0.2, 0.25) is 5.88 Å². The Hall–Kier alpha value is -2.04. The largest absolute Gasteiger partial charge is 0.493 e. The first-order valence-electron chi connectivity index (χ1n) is 3.94. The van der Waals surface area contributed by atoms with Gasteiger partial charge >= 0.3 is 0 Å². The lowest BCUT2D eigenvalue weighted by Crippen LogP contribution is -2.03. The minimum absolute atomic E-state index is 0.207. The van der Waals surface area contributed by atoms with Gasteiger partial charge in [0.1, 0.15) is 5.82 Å². The molecule has 0 aliphatic carbocycles. The summed E-state index contributed by atoms with van der Waals surface area (Å²) in [6, 6.07) is 6.43. The van der Waals surface area contributed by atoms with Gasteiger partial charge < -0.3 is 5.11 Å². The molecule has 0 aliphatic rings. The van der Waals surface area contributed by atoms with E-state index in [1.807, 2.05) is 0 Å². The van der Waals surface area contributed by atoms with Gasteiger partial charge in [-0.2, -0.15) is 0 Å². The van der Waals surface area contributed by atoms with Crippen molar-refractivity contribution >= 4 is 0 Å². The van der Waals surface area contributed by atoms with Crippen LogP contribution in [0.2, 0.25) is 0 Å². The summed E-state index contributed by atoms with van der Waals surface area (Å²) in [5, 5.41) is 11.7. The first-order chi connectivity index (χ1) is 6.66. The average molecular weight is 194 g/mol. The third kappa shape index (κ3) is 1.39. The van der Waals surface area contributed by atoms with E-state index in [1.54, 1.807) is 0 Å². The van der Waals surface area contributed by atoms with Gasteiger partial charge in [-0.05, 0) is 24.3 Å². The van der Waals surface area contributed by atoms with Crippen molar-refractivity contribution in [3.8, 4) is 11.6 Å². The molecule has 0 saturated carbocycles. The fourth-order valence-electron chi connectivity index (χ4n) is 1.17. The fourth-order valence-corrected chi connectivity index (χ4v) is 1.17. The number of nitrogens with one attached hydrogen (secondary N) is 1. The van der Waals surface area contributed by atoms with Crippen molar-refractivity contribution in [1.29, 1.82) is 0 Å². The Kier molecular flexibility index (Phi) is 1.85. The maximum absolute atomic E-state index is 12.6. The standard InChI is InChI=1S/C9H7FN2O2/c10-6-1-3-7(4-2-6)12-9(14)5-8(13)11-12/h1-5,14H,(H,11,13). The Labute approximate surface area is 78.2 Å². The zero-order valence-electron chi connectivity index (χ0n) is 7.07. The third-order valence-corrected chi connectivity index (χ3v) is 1.80. The number of aromatic hydroxyl groups is 1. The van der Waals surface area contributed by atoms with Crippen LogP contribution in [0, 0.1) is 5.82 Å². The van der Waals surface area contributed by atoms with Crippen LogP contribution in [-0.4, -0.2) is 14.9 Å². The van der Waals surface area contributed by atoms with Crippen LogP contribution in [0.1, 0.15) is 0 Å². The molecular formula is C9H7FN2O2. The van der Waals surface area contributed by atoms with E-state index >= 15 is 0 Å². The summed E-state index contributed by atoms with van der Waals surface area (Å²) in [6.45, 7) is 0. The Balaban J connectivity index is 2.54. The van der Waals surface area contributed by atoms with Crippen molar-refractivity contribution in [2.24, 2.45) is 0 Å². The molecule has 1 aromatic carbocycles. The van der Waals surface area contributed by atoms with E-state index in [9.17, 15) is 14.3 Å². The number of nitrogens with zero attached hydrogens (tertiary/aromatic N) is 1. The van der Waals surface area contributed by atoms with E-state index in [-0.39, 0.29) is 11.7 Å².